The van der Waals surface area contributed by atoms with Gasteiger partial charge in [0, 0.05) is 6.08 Å². The summed E-state index contributed by atoms with van der Waals surface area (Å²) < 4.78 is 9.83. The molecule has 0 unspecified atom stereocenters. The van der Waals surface area contributed by atoms with Gasteiger partial charge in [-0.3, -0.25) is 0 Å². The maximum Gasteiger partial charge on any atom is 0.121 e. The van der Waals surface area contributed by atoms with Crippen LogP contribution in [0.5, 0.6) is 0 Å². The van der Waals surface area contributed by atoms with Crippen molar-refractivity contribution in [3.63, 3.8) is 0 Å². The lowest BCUT2D eigenvalue weighted by molar-refractivity contribution is 0.297. The first-order valence-electron chi connectivity index (χ1n) is 3.99. The first-order valence-corrected chi connectivity index (χ1v) is 3.99. The number of methoxy groups -OCH3 is 2. The van der Waals surface area contributed by atoms with Crippen LogP contribution >= 0.6 is 0 Å². The van der Waals surface area contributed by atoms with Gasteiger partial charge in [-0.15, -0.1) is 0 Å². The van der Waals surface area contributed by atoms with Crippen LogP contribution in [-0.4, -0.2) is 14.2 Å². The lowest BCUT2D eigenvalue weighted by atomic mass is 10.2. The minimum Gasteiger partial charge on any atom is -0.504 e. The van der Waals surface area contributed by atoms with Gasteiger partial charge in [0.15, 0.2) is 0 Å². The standard InChI is InChI=1S/C11H16O2/c1-5-10(2)6-7-11(13-4)8-9-12-3/h5-9H,1H2,2-4H3/b9-8+,10-6+,11-7+. The third-order valence-corrected chi connectivity index (χ3v) is 1.44. The van der Waals surface area contributed by atoms with Crippen LogP contribution in [0, 0.1) is 0 Å². The summed E-state index contributed by atoms with van der Waals surface area (Å²) in [7, 11) is 3.21. The summed E-state index contributed by atoms with van der Waals surface area (Å²) in [5.74, 6) is 0.739. The molecular formula is C11H16O2. The number of hydrogen-bond acceptors (Lipinski definition) is 2. The van der Waals surface area contributed by atoms with Crippen molar-refractivity contribution in [3.8, 4) is 0 Å². The minimum atomic E-state index is 0.739. The zero-order chi connectivity index (χ0) is 10.1. The summed E-state index contributed by atoms with van der Waals surface area (Å²) >= 11 is 0. The summed E-state index contributed by atoms with van der Waals surface area (Å²) in [6.07, 6.45) is 8.86. The van der Waals surface area contributed by atoms with E-state index in [1.165, 1.54) is 0 Å². The number of rotatable bonds is 5. The molecule has 0 bridgehead atoms. The van der Waals surface area contributed by atoms with E-state index < -0.39 is 0 Å². The lowest BCUT2D eigenvalue weighted by Gasteiger charge is -1.97. The molecule has 0 aromatic heterocycles. The minimum absolute atomic E-state index is 0.739. The van der Waals surface area contributed by atoms with Crippen LogP contribution in [0.15, 0.2) is 48.5 Å². The van der Waals surface area contributed by atoms with Crippen LogP contribution in [0.2, 0.25) is 0 Å². The van der Waals surface area contributed by atoms with Crippen molar-refractivity contribution in [1.82, 2.24) is 0 Å². The SMILES string of the molecule is C=C/C(C)=C/C=C(\C=C\OC)OC. The quantitative estimate of drug-likeness (QED) is 0.478. The highest BCUT2D eigenvalue weighted by atomic mass is 16.5. The van der Waals surface area contributed by atoms with E-state index in [9.17, 15) is 0 Å². The maximum absolute atomic E-state index is 5.06. The molecule has 0 N–H and O–H groups in total. The van der Waals surface area contributed by atoms with Crippen molar-refractivity contribution < 1.29 is 9.47 Å². The molecule has 0 saturated carbocycles. The van der Waals surface area contributed by atoms with E-state index in [0.717, 1.165) is 11.3 Å². The average Bonchev–Trinajstić information content (AvgIpc) is 2.17. The van der Waals surface area contributed by atoms with Crippen molar-refractivity contribution in [2.45, 2.75) is 6.92 Å². The number of allylic oxidation sites excluding steroid dienone is 5. The molecule has 2 heteroatoms. The van der Waals surface area contributed by atoms with Gasteiger partial charge in [-0.2, -0.15) is 0 Å². The molecule has 0 heterocycles. The first-order chi connectivity index (χ1) is 6.24. The van der Waals surface area contributed by atoms with Gasteiger partial charge in [0.05, 0.1) is 20.5 Å². The molecule has 13 heavy (non-hydrogen) atoms. The summed E-state index contributed by atoms with van der Waals surface area (Å²) in [6.45, 7) is 5.61. The Kier molecular flexibility index (Phi) is 6.42. The Morgan fingerprint density at radius 3 is 2.38 bits per heavy atom. The highest BCUT2D eigenvalue weighted by molar-refractivity contribution is 5.24. The van der Waals surface area contributed by atoms with E-state index in [1.807, 2.05) is 19.1 Å². The maximum atomic E-state index is 5.06. The van der Waals surface area contributed by atoms with E-state index in [2.05, 4.69) is 6.58 Å². The van der Waals surface area contributed by atoms with Crippen molar-refractivity contribution in [3.05, 3.63) is 48.5 Å². The Hall–Kier alpha value is -1.44. The van der Waals surface area contributed by atoms with E-state index >= 15 is 0 Å². The Morgan fingerprint density at radius 2 is 1.92 bits per heavy atom. The molecule has 0 fully saturated rings. The van der Waals surface area contributed by atoms with Crippen LogP contribution in [0.25, 0.3) is 0 Å². The molecule has 0 radical (unpaired) electrons. The average molecular weight is 180 g/mol. The largest absolute Gasteiger partial charge is 0.504 e. The molecule has 0 saturated heterocycles. The van der Waals surface area contributed by atoms with Crippen molar-refractivity contribution >= 4 is 0 Å². The Labute approximate surface area is 79.9 Å². The van der Waals surface area contributed by atoms with Gasteiger partial charge in [0.1, 0.15) is 5.76 Å². The topological polar surface area (TPSA) is 18.5 Å². The Morgan fingerprint density at radius 1 is 1.23 bits per heavy atom. The molecule has 0 aromatic carbocycles. The van der Waals surface area contributed by atoms with E-state index in [-0.39, 0.29) is 0 Å². The van der Waals surface area contributed by atoms with Crippen molar-refractivity contribution in [1.29, 1.82) is 0 Å². The monoisotopic (exact) mass is 180 g/mol. The second-order valence-corrected chi connectivity index (χ2v) is 2.43. The second-order valence-electron chi connectivity index (χ2n) is 2.43. The number of hydrogen-bond donors (Lipinski definition) is 0. The third-order valence-electron chi connectivity index (χ3n) is 1.44. The summed E-state index contributed by atoms with van der Waals surface area (Å²) in [5.41, 5.74) is 1.08. The van der Waals surface area contributed by atoms with Crippen LogP contribution in [-0.2, 0) is 9.47 Å². The molecule has 0 rings (SSSR count). The van der Waals surface area contributed by atoms with Gasteiger partial charge in [-0.25, -0.2) is 0 Å². The molecule has 2 nitrogen and oxygen atoms in total. The highest BCUT2D eigenvalue weighted by Gasteiger charge is 1.86. The zero-order valence-electron chi connectivity index (χ0n) is 8.41. The molecule has 0 aliphatic heterocycles. The van der Waals surface area contributed by atoms with E-state index in [0.29, 0.717) is 0 Å². The smallest absolute Gasteiger partial charge is 0.121 e. The molecule has 0 aliphatic carbocycles. The first kappa shape index (κ1) is 11.6. The second kappa shape index (κ2) is 7.22. The molecule has 0 aromatic rings. The molecule has 0 spiro atoms. The van der Waals surface area contributed by atoms with E-state index in [1.54, 1.807) is 32.6 Å². The van der Waals surface area contributed by atoms with Crippen LogP contribution in [0.1, 0.15) is 6.92 Å². The van der Waals surface area contributed by atoms with Gasteiger partial charge >= 0.3 is 0 Å². The fourth-order valence-electron chi connectivity index (χ4n) is 0.608. The van der Waals surface area contributed by atoms with Crippen LogP contribution in [0.4, 0.5) is 0 Å². The molecule has 72 valence electrons. The molecule has 0 atom stereocenters. The number of ether oxygens (including phenoxy) is 2. The van der Waals surface area contributed by atoms with E-state index in [4.69, 9.17) is 9.47 Å². The van der Waals surface area contributed by atoms with Gasteiger partial charge < -0.3 is 9.47 Å². The summed E-state index contributed by atoms with van der Waals surface area (Å²) in [4.78, 5) is 0. The van der Waals surface area contributed by atoms with Gasteiger partial charge in [0.25, 0.3) is 0 Å². The normalized spacial score (nSPS) is 13.2. The van der Waals surface area contributed by atoms with Gasteiger partial charge in [-0.1, -0.05) is 24.3 Å². The fourth-order valence-corrected chi connectivity index (χ4v) is 0.608. The molecule has 0 amide bonds. The zero-order valence-corrected chi connectivity index (χ0v) is 8.41. The summed E-state index contributed by atoms with van der Waals surface area (Å²) in [5, 5.41) is 0. The highest BCUT2D eigenvalue weighted by Crippen LogP contribution is 2.01. The summed E-state index contributed by atoms with van der Waals surface area (Å²) in [6, 6.07) is 0. The lowest BCUT2D eigenvalue weighted by Crippen LogP contribution is -1.81. The predicted octanol–water partition coefficient (Wildman–Crippen LogP) is 2.81. The van der Waals surface area contributed by atoms with Gasteiger partial charge in [-0.05, 0) is 13.0 Å². The molecular weight excluding hydrogens is 164 g/mol. The van der Waals surface area contributed by atoms with Crippen LogP contribution in [0.3, 0.4) is 0 Å². The Bertz CT molecular complexity index is 234. The third kappa shape index (κ3) is 5.79. The fraction of sp³-hybridized carbons (Fsp3) is 0.273. The van der Waals surface area contributed by atoms with Gasteiger partial charge in [0.2, 0.25) is 0 Å². The molecule has 0 aliphatic rings. The van der Waals surface area contributed by atoms with Crippen LogP contribution < -0.4 is 0 Å². The van der Waals surface area contributed by atoms with Crippen molar-refractivity contribution in [2.24, 2.45) is 0 Å². The Balaban J connectivity index is 4.38. The van der Waals surface area contributed by atoms with Crippen molar-refractivity contribution in [2.75, 3.05) is 14.2 Å². The predicted molar refractivity (Wildman–Crippen MR) is 55.2 cm³/mol.